The molecule has 100 valence electrons. The molecule has 2 rings (SSSR count). The van der Waals surface area contributed by atoms with E-state index in [0.717, 1.165) is 18.7 Å². The van der Waals surface area contributed by atoms with Crippen LogP contribution in [0.2, 0.25) is 0 Å². The Labute approximate surface area is 109 Å². The summed E-state index contributed by atoms with van der Waals surface area (Å²) in [5.74, 6) is 0.222. The standard InChI is InChI=1S/C14H23N3O/c1-11-7-17(8-12(2)16(11)4)10-14(18)13-5-6-15(3)9-13/h5-6,9,11-12H,7-8,10H2,1-4H3. The van der Waals surface area contributed by atoms with E-state index >= 15 is 0 Å². The second-order valence-corrected chi connectivity index (χ2v) is 5.55. The lowest BCUT2D eigenvalue weighted by molar-refractivity contribution is 0.0549. The van der Waals surface area contributed by atoms with Gasteiger partial charge in [0.05, 0.1) is 6.54 Å². The fraction of sp³-hybridized carbons (Fsp3) is 0.643. The highest BCUT2D eigenvalue weighted by Gasteiger charge is 2.27. The van der Waals surface area contributed by atoms with Gasteiger partial charge in [-0.25, -0.2) is 0 Å². The van der Waals surface area contributed by atoms with Crippen LogP contribution < -0.4 is 0 Å². The maximum atomic E-state index is 12.2. The summed E-state index contributed by atoms with van der Waals surface area (Å²) >= 11 is 0. The highest BCUT2D eigenvalue weighted by atomic mass is 16.1. The van der Waals surface area contributed by atoms with E-state index in [1.54, 1.807) is 0 Å². The lowest BCUT2D eigenvalue weighted by atomic mass is 10.1. The van der Waals surface area contributed by atoms with Gasteiger partial charge in [0.25, 0.3) is 0 Å². The molecule has 0 aromatic carbocycles. The third kappa shape index (κ3) is 2.82. The van der Waals surface area contributed by atoms with Crippen LogP contribution in [-0.2, 0) is 7.05 Å². The molecule has 4 nitrogen and oxygen atoms in total. The summed E-state index contributed by atoms with van der Waals surface area (Å²) in [6.07, 6.45) is 3.81. The average Bonchev–Trinajstić information content (AvgIpc) is 2.72. The van der Waals surface area contributed by atoms with Crippen LogP contribution in [0.4, 0.5) is 0 Å². The maximum absolute atomic E-state index is 12.2. The van der Waals surface area contributed by atoms with Crippen LogP contribution in [0.3, 0.4) is 0 Å². The number of carbonyl (C=O) groups is 1. The van der Waals surface area contributed by atoms with Crippen molar-refractivity contribution in [3.05, 3.63) is 24.0 Å². The van der Waals surface area contributed by atoms with Crippen molar-refractivity contribution in [2.24, 2.45) is 7.05 Å². The molecule has 18 heavy (non-hydrogen) atoms. The van der Waals surface area contributed by atoms with Crippen LogP contribution in [0.1, 0.15) is 24.2 Å². The third-order valence-electron chi connectivity index (χ3n) is 3.96. The number of hydrogen-bond acceptors (Lipinski definition) is 3. The summed E-state index contributed by atoms with van der Waals surface area (Å²) in [5, 5.41) is 0. The summed E-state index contributed by atoms with van der Waals surface area (Å²) in [6, 6.07) is 2.92. The van der Waals surface area contributed by atoms with Crippen molar-refractivity contribution in [2.75, 3.05) is 26.7 Å². The van der Waals surface area contributed by atoms with Crippen molar-refractivity contribution in [3.8, 4) is 0 Å². The van der Waals surface area contributed by atoms with Gasteiger partial charge in [-0.3, -0.25) is 14.6 Å². The summed E-state index contributed by atoms with van der Waals surface area (Å²) in [4.78, 5) is 16.8. The highest BCUT2D eigenvalue weighted by molar-refractivity contribution is 5.97. The van der Waals surface area contributed by atoms with E-state index in [1.807, 2.05) is 30.1 Å². The zero-order valence-electron chi connectivity index (χ0n) is 11.8. The minimum absolute atomic E-state index is 0.222. The number of piperazine rings is 1. The third-order valence-corrected chi connectivity index (χ3v) is 3.96. The lowest BCUT2D eigenvalue weighted by Gasteiger charge is -2.42. The Kier molecular flexibility index (Phi) is 3.88. The molecule has 1 aliphatic heterocycles. The van der Waals surface area contributed by atoms with Crippen LogP contribution in [0.25, 0.3) is 0 Å². The molecular formula is C14H23N3O. The van der Waals surface area contributed by atoms with Crippen LogP contribution in [0, 0.1) is 0 Å². The molecule has 0 bridgehead atoms. The topological polar surface area (TPSA) is 28.5 Å². The van der Waals surface area contributed by atoms with E-state index in [1.165, 1.54) is 0 Å². The molecule has 1 saturated heterocycles. The van der Waals surface area contributed by atoms with Crippen LogP contribution in [0.15, 0.2) is 18.5 Å². The van der Waals surface area contributed by atoms with Crippen LogP contribution >= 0.6 is 0 Å². The largest absolute Gasteiger partial charge is 0.357 e. The predicted octanol–water partition coefficient (Wildman–Crippen LogP) is 1.23. The normalized spacial score (nSPS) is 26.4. The fourth-order valence-corrected chi connectivity index (χ4v) is 2.61. The predicted molar refractivity (Wildman–Crippen MR) is 72.9 cm³/mol. The number of rotatable bonds is 3. The van der Waals surface area contributed by atoms with Gasteiger partial charge in [-0.15, -0.1) is 0 Å². The van der Waals surface area contributed by atoms with Crippen molar-refractivity contribution >= 4 is 5.78 Å². The molecule has 0 saturated carbocycles. The summed E-state index contributed by atoms with van der Waals surface area (Å²) < 4.78 is 1.92. The van der Waals surface area contributed by atoms with Gasteiger partial charge < -0.3 is 4.57 Å². The first-order valence-corrected chi connectivity index (χ1v) is 6.57. The molecular weight excluding hydrogens is 226 g/mol. The lowest BCUT2D eigenvalue weighted by Crippen LogP contribution is -2.55. The van der Waals surface area contributed by atoms with Gasteiger partial charge in [-0.05, 0) is 27.0 Å². The SMILES string of the molecule is CC1CN(CC(=O)c2ccn(C)c2)CC(C)N1C. The van der Waals surface area contributed by atoms with Gasteiger partial charge in [-0.2, -0.15) is 0 Å². The Balaban J connectivity index is 1.96. The maximum Gasteiger partial charge on any atom is 0.178 e. The molecule has 1 aromatic heterocycles. The minimum Gasteiger partial charge on any atom is -0.357 e. The Hall–Kier alpha value is -1.13. The van der Waals surface area contributed by atoms with E-state index in [2.05, 4.69) is 30.7 Å². The van der Waals surface area contributed by atoms with Crippen molar-refractivity contribution in [1.29, 1.82) is 0 Å². The molecule has 2 unspecified atom stereocenters. The highest BCUT2D eigenvalue weighted by Crippen LogP contribution is 2.14. The second-order valence-electron chi connectivity index (χ2n) is 5.55. The Morgan fingerprint density at radius 3 is 2.39 bits per heavy atom. The molecule has 1 aliphatic rings. The molecule has 1 fully saturated rings. The molecule has 0 aliphatic carbocycles. The fourth-order valence-electron chi connectivity index (χ4n) is 2.61. The molecule has 0 spiro atoms. The van der Waals surface area contributed by atoms with Crippen molar-refractivity contribution in [1.82, 2.24) is 14.4 Å². The summed E-state index contributed by atoms with van der Waals surface area (Å²) in [6.45, 7) is 6.91. The van der Waals surface area contributed by atoms with E-state index in [-0.39, 0.29) is 5.78 Å². The first-order chi connectivity index (χ1) is 8.47. The van der Waals surface area contributed by atoms with Crippen molar-refractivity contribution in [3.63, 3.8) is 0 Å². The molecule has 0 N–H and O–H groups in total. The molecule has 2 heterocycles. The van der Waals surface area contributed by atoms with Gasteiger partial charge in [0.1, 0.15) is 0 Å². The van der Waals surface area contributed by atoms with E-state index < -0.39 is 0 Å². The van der Waals surface area contributed by atoms with Gasteiger partial charge in [0.2, 0.25) is 0 Å². The Morgan fingerprint density at radius 1 is 1.28 bits per heavy atom. The van der Waals surface area contributed by atoms with E-state index in [0.29, 0.717) is 18.6 Å². The van der Waals surface area contributed by atoms with Gasteiger partial charge in [-0.1, -0.05) is 0 Å². The summed E-state index contributed by atoms with van der Waals surface area (Å²) in [5.41, 5.74) is 0.816. The molecule has 4 heteroatoms. The van der Waals surface area contributed by atoms with Gasteiger partial charge >= 0.3 is 0 Å². The van der Waals surface area contributed by atoms with Gasteiger partial charge in [0, 0.05) is 50.2 Å². The van der Waals surface area contributed by atoms with E-state index in [9.17, 15) is 4.79 Å². The number of likely N-dealkylation sites (N-methyl/N-ethyl adjacent to an activating group) is 1. The number of aromatic nitrogens is 1. The Bertz CT molecular complexity index is 414. The van der Waals surface area contributed by atoms with Gasteiger partial charge in [0.15, 0.2) is 5.78 Å². The minimum atomic E-state index is 0.222. The van der Waals surface area contributed by atoms with Crippen molar-refractivity contribution < 1.29 is 4.79 Å². The smallest absolute Gasteiger partial charge is 0.178 e. The zero-order valence-corrected chi connectivity index (χ0v) is 11.8. The number of Topliss-reactive ketones (excluding diaryl/α,β-unsaturated/α-hetero) is 1. The van der Waals surface area contributed by atoms with Crippen LogP contribution in [0.5, 0.6) is 0 Å². The first-order valence-electron chi connectivity index (χ1n) is 6.57. The Morgan fingerprint density at radius 2 is 1.89 bits per heavy atom. The van der Waals surface area contributed by atoms with Crippen molar-refractivity contribution in [2.45, 2.75) is 25.9 Å². The molecule has 2 atom stereocenters. The zero-order chi connectivity index (χ0) is 13.3. The monoisotopic (exact) mass is 249 g/mol. The molecule has 0 radical (unpaired) electrons. The number of carbonyl (C=O) groups excluding carboxylic acids is 1. The summed E-state index contributed by atoms with van der Waals surface area (Å²) in [7, 11) is 4.10. The van der Waals surface area contributed by atoms with Crippen LogP contribution in [-0.4, -0.2) is 58.9 Å². The first kappa shape index (κ1) is 13.3. The van der Waals surface area contributed by atoms with E-state index in [4.69, 9.17) is 0 Å². The number of ketones is 1. The molecule has 1 aromatic rings. The quantitative estimate of drug-likeness (QED) is 0.754. The number of hydrogen-bond donors (Lipinski definition) is 0. The number of aryl methyl sites for hydroxylation is 1. The molecule has 0 amide bonds. The number of nitrogens with zero attached hydrogens (tertiary/aromatic N) is 3. The average molecular weight is 249 g/mol. The second kappa shape index (κ2) is 5.24.